The molecule has 104 valence electrons. The molecule has 0 aliphatic heterocycles. The van der Waals surface area contributed by atoms with Crippen molar-refractivity contribution in [2.24, 2.45) is 0 Å². The predicted molar refractivity (Wildman–Crippen MR) is 71.6 cm³/mol. The van der Waals surface area contributed by atoms with E-state index in [9.17, 15) is 9.59 Å². The van der Waals surface area contributed by atoms with Crippen LogP contribution in [-0.2, 0) is 16.1 Å². The standard InChI is InChI=1S/C14H19NO4/c1-9-10(2)14(19-5)11(6-12(9)18-4)7-15(3)13(17)8-16/h6,8H,7H2,1-5H3. The van der Waals surface area contributed by atoms with Gasteiger partial charge in [-0.05, 0) is 31.0 Å². The number of aldehydes is 1. The number of carbonyl (C=O) groups excluding carboxylic acids is 2. The molecule has 0 N–H and O–H groups in total. The normalized spacial score (nSPS) is 9.95. The van der Waals surface area contributed by atoms with Crippen LogP contribution in [0.25, 0.3) is 0 Å². The highest BCUT2D eigenvalue weighted by Crippen LogP contribution is 2.33. The molecule has 0 unspecified atom stereocenters. The second-order valence-corrected chi connectivity index (χ2v) is 4.33. The van der Waals surface area contributed by atoms with E-state index in [1.165, 1.54) is 4.90 Å². The van der Waals surface area contributed by atoms with Gasteiger partial charge in [-0.1, -0.05) is 0 Å². The molecule has 1 aromatic rings. The molecule has 0 aliphatic carbocycles. The van der Waals surface area contributed by atoms with E-state index in [-0.39, 0.29) is 6.54 Å². The first-order valence-corrected chi connectivity index (χ1v) is 5.87. The minimum Gasteiger partial charge on any atom is -0.496 e. The van der Waals surface area contributed by atoms with Crippen LogP contribution in [0.1, 0.15) is 16.7 Å². The van der Waals surface area contributed by atoms with Crippen molar-refractivity contribution < 1.29 is 19.1 Å². The highest BCUT2D eigenvalue weighted by atomic mass is 16.5. The number of likely N-dealkylation sites (N-methyl/N-ethyl adjacent to an activating group) is 1. The Balaban J connectivity index is 3.22. The lowest BCUT2D eigenvalue weighted by Crippen LogP contribution is -2.27. The maximum Gasteiger partial charge on any atom is 0.286 e. The van der Waals surface area contributed by atoms with Crippen molar-refractivity contribution in [1.82, 2.24) is 4.90 Å². The van der Waals surface area contributed by atoms with Crippen LogP contribution in [0.4, 0.5) is 0 Å². The van der Waals surface area contributed by atoms with Crippen LogP contribution in [0.5, 0.6) is 11.5 Å². The van der Waals surface area contributed by atoms with Crippen LogP contribution in [-0.4, -0.2) is 38.4 Å². The summed E-state index contributed by atoms with van der Waals surface area (Å²) in [5, 5.41) is 0. The van der Waals surface area contributed by atoms with E-state index in [4.69, 9.17) is 9.47 Å². The van der Waals surface area contributed by atoms with E-state index in [0.717, 1.165) is 22.4 Å². The summed E-state index contributed by atoms with van der Waals surface area (Å²) in [5.41, 5.74) is 2.76. The minimum atomic E-state index is -0.570. The number of hydrogen-bond donors (Lipinski definition) is 0. The first-order valence-electron chi connectivity index (χ1n) is 5.87. The smallest absolute Gasteiger partial charge is 0.286 e. The molecule has 0 saturated carbocycles. The molecule has 0 heterocycles. The third kappa shape index (κ3) is 3.05. The highest BCUT2D eigenvalue weighted by Gasteiger charge is 2.16. The zero-order valence-corrected chi connectivity index (χ0v) is 11.9. The molecule has 0 saturated heterocycles. The maximum atomic E-state index is 11.3. The molecule has 0 atom stereocenters. The monoisotopic (exact) mass is 265 g/mol. The van der Waals surface area contributed by atoms with Crippen molar-refractivity contribution in [2.75, 3.05) is 21.3 Å². The van der Waals surface area contributed by atoms with Crippen molar-refractivity contribution in [2.45, 2.75) is 20.4 Å². The molecule has 0 aliphatic rings. The molecule has 1 amide bonds. The fraction of sp³-hybridized carbons (Fsp3) is 0.429. The van der Waals surface area contributed by atoms with Gasteiger partial charge in [-0.2, -0.15) is 0 Å². The summed E-state index contributed by atoms with van der Waals surface area (Å²) in [4.78, 5) is 23.1. The topological polar surface area (TPSA) is 55.8 Å². The summed E-state index contributed by atoms with van der Waals surface area (Å²) in [5.74, 6) is 0.878. The summed E-state index contributed by atoms with van der Waals surface area (Å²) in [6.45, 7) is 4.17. The van der Waals surface area contributed by atoms with Gasteiger partial charge >= 0.3 is 0 Å². The minimum absolute atomic E-state index is 0.290. The lowest BCUT2D eigenvalue weighted by Gasteiger charge is -2.20. The average Bonchev–Trinajstić information content (AvgIpc) is 2.41. The third-order valence-corrected chi connectivity index (χ3v) is 3.18. The average molecular weight is 265 g/mol. The summed E-state index contributed by atoms with van der Waals surface area (Å²) >= 11 is 0. The lowest BCUT2D eigenvalue weighted by molar-refractivity contribution is -0.138. The fourth-order valence-corrected chi connectivity index (χ4v) is 1.97. The molecular formula is C14H19NO4. The predicted octanol–water partition coefficient (Wildman–Crippen LogP) is 1.48. The van der Waals surface area contributed by atoms with Gasteiger partial charge in [0.05, 0.1) is 14.2 Å². The van der Waals surface area contributed by atoms with Gasteiger partial charge in [0.1, 0.15) is 11.5 Å². The Hall–Kier alpha value is -2.04. The number of rotatable bonds is 5. The molecular weight excluding hydrogens is 246 g/mol. The summed E-state index contributed by atoms with van der Waals surface area (Å²) in [6.07, 6.45) is 0.296. The van der Waals surface area contributed by atoms with Crippen molar-refractivity contribution >= 4 is 12.2 Å². The molecule has 5 nitrogen and oxygen atoms in total. The van der Waals surface area contributed by atoms with Gasteiger partial charge in [0.15, 0.2) is 0 Å². The van der Waals surface area contributed by atoms with E-state index < -0.39 is 5.91 Å². The Bertz CT molecular complexity index is 497. The number of amides is 1. The van der Waals surface area contributed by atoms with E-state index >= 15 is 0 Å². The number of hydrogen-bond acceptors (Lipinski definition) is 4. The molecule has 1 rings (SSSR count). The van der Waals surface area contributed by atoms with E-state index in [1.54, 1.807) is 21.3 Å². The number of ether oxygens (including phenoxy) is 2. The van der Waals surface area contributed by atoms with E-state index in [2.05, 4.69) is 0 Å². The lowest BCUT2D eigenvalue weighted by atomic mass is 10.0. The summed E-state index contributed by atoms with van der Waals surface area (Å²) < 4.78 is 10.7. The quantitative estimate of drug-likeness (QED) is 0.597. The Kier molecular flexibility index (Phi) is 4.92. The largest absolute Gasteiger partial charge is 0.496 e. The van der Waals surface area contributed by atoms with Gasteiger partial charge in [-0.25, -0.2) is 0 Å². The molecule has 0 bridgehead atoms. The first-order chi connectivity index (χ1) is 8.96. The zero-order chi connectivity index (χ0) is 14.6. The van der Waals surface area contributed by atoms with E-state index in [1.807, 2.05) is 19.9 Å². The molecule has 0 fully saturated rings. The SMILES string of the molecule is COc1cc(CN(C)C(=O)C=O)c(OC)c(C)c1C. The van der Waals surface area contributed by atoms with Crippen LogP contribution in [0.3, 0.4) is 0 Å². The van der Waals surface area contributed by atoms with Crippen molar-refractivity contribution in [3.63, 3.8) is 0 Å². The van der Waals surface area contributed by atoms with Gasteiger partial charge in [-0.3, -0.25) is 9.59 Å². The molecule has 19 heavy (non-hydrogen) atoms. The summed E-state index contributed by atoms with van der Waals surface area (Å²) in [7, 11) is 4.75. The van der Waals surface area contributed by atoms with Crippen molar-refractivity contribution in [3.8, 4) is 11.5 Å². The molecule has 0 spiro atoms. The second kappa shape index (κ2) is 6.22. The van der Waals surface area contributed by atoms with Gasteiger partial charge < -0.3 is 14.4 Å². The van der Waals surface area contributed by atoms with Crippen LogP contribution in [0.2, 0.25) is 0 Å². The highest BCUT2D eigenvalue weighted by molar-refractivity contribution is 6.23. The van der Waals surface area contributed by atoms with Gasteiger partial charge in [0.25, 0.3) is 5.91 Å². The van der Waals surface area contributed by atoms with E-state index in [0.29, 0.717) is 12.0 Å². The molecule has 0 aromatic heterocycles. The summed E-state index contributed by atoms with van der Waals surface area (Å²) in [6, 6.07) is 1.83. The molecule has 1 aromatic carbocycles. The number of methoxy groups -OCH3 is 2. The number of benzene rings is 1. The Labute approximate surface area is 113 Å². The molecule has 5 heteroatoms. The van der Waals surface area contributed by atoms with Crippen molar-refractivity contribution in [3.05, 3.63) is 22.8 Å². The number of nitrogens with zero attached hydrogens (tertiary/aromatic N) is 1. The Morgan fingerprint density at radius 3 is 2.37 bits per heavy atom. The number of carbonyl (C=O) groups is 2. The first kappa shape index (κ1) is 15.0. The Morgan fingerprint density at radius 2 is 1.89 bits per heavy atom. The van der Waals surface area contributed by atoms with Crippen molar-refractivity contribution in [1.29, 1.82) is 0 Å². The zero-order valence-electron chi connectivity index (χ0n) is 11.9. The second-order valence-electron chi connectivity index (χ2n) is 4.33. The van der Waals surface area contributed by atoms with Gasteiger partial charge in [-0.15, -0.1) is 0 Å². The van der Waals surface area contributed by atoms with Crippen LogP contribution in [0, 0.1) is 13.8 Å². The fourth-order valence-electron chi connectivity index (χ4n) is 1.97. The maximum absolute atomic E-state index is 11.3. The van der Waals surface area contributed by atoms with Gasteiger partial charge in [0.2, 0.25) is 6.29 Å². The van der Waals surface area contributed by atoms with Crippen LogP contribution < -0.4 is 9.47 Å². The van der Waals surface area contributed by atoms with Gasteiger partial charge in [0, 0.05) is 19.2 Å². The third-order valence-electron chi connectivity index (χ3n) is 3.18. The Morgan fingerprint density at radius 1 is 1.26 bits per heavy atom. The molecule has 0 radical (unpaired) electrons. The van der Waals surface area contributed by atoms with Crippen LogP contribution >= 0.6 is 0 Å². The van der Waals surface area contributed by atoms with Crippen LogP contribution in [0.15, 0.2) is 6.07 Å².